The number of anilines is 2. The van der Waals surface area contributed by atoms with Gasteiger partial charge in [0.15, 0.2) is 23.7 Å². The third-order valence-corrected chi connectivity index (χ3v) is 6.08. The molecule has 0 bridgehead atoms. The molecule has 0 saturated carbocycles. The fourth-order valence-corrected chi connectivity index (χ4v) is 4.44. The summed E-state index contributed by atoms with van der Waals surface area (Å²) in [5.41, 5.74) is 2.42. The Hall–Kier alpha value is -4.59. The topological polar surface area (TPSA) is 110 Å². The third-order valence-electron chi connectivity index (χ3n) is 6.08. The van der Waals surface area contributed by atoms with Crippen LogP contribution in [0.1, 0.15) is 17.5 Å². The van der Waals surface area contributed by atoms with Crippen molar-refractivity contribution in [3.8, 4) is 5.82 Å². The number of hydrogen-bond acceptors (Lipinski definition) is 7. The van der Waals surface area contributed by atoms with E-state index in [1.165, 1.54) is 23.0 Å². The van der Waals surface area contributed by atoms with E-state index in [9.17, 15) is 26.7 Å². The highest BCUT2D eigenvalue weighted by Crippen LogP contribution is 2.35. The third kappa shape index (κ3) is 4.08. The molecule has 2 aromatic carbocycles. The van der Waals surface area contributed by atoms with Gasteiger partial charge in [-0.2, -0.15) is 18.2 Å². The van der Waals surface area contributed by atoms with Gasteiger partial charge in [0.2, 0.25) is 5.95 Å². The zero-order valence-corrected chi connectivity index (χ0v) is 19.1. The molecular formula is C24H16F5N7O2. The van der Waals surface area contributed by atoms with Crippen molar-refractivity contribution >= 4 is 39.5 Å². The lowest BCUT2D eigenvalue weighted by Crippen LogP contribution is -2.36. The average Bonchev–Trinajstić information content (AvgIpc) is 3.47. The Balaban J connectivity index is 1.34. The van der Waals surface area contributed by atoms with Crippen molar-refractivity contribution in [3.63, 3.8) is 0 Å². The summed E-state index contributed by atoms with van der Waals surface area (Å²) < 4.78 is 73.1. The van der Waals surface area contributed by atoms with Crippen molar-refractivity contribution in [3.05, 3.63) is 71.8 Å². The molecule has 0 aliphatic carbocycles. The Morgan fingerprint density at radius 2 is 1.97 bits per heavy atom. The number of nitrogens with zero attached hydrogens (tertiary/aromatic N) is 4. The number of esters is 1. The minimum Gasteiger partial charge on any atom is -0.435 e. The second-order valence-electron chi connectivity index (χ2n) is 8.48. The molecule has 1 atom stereocenters. The van der Waals surface area contributed by atoms with Gasteiger partial charge in [0.1, 0.15) is 11.8 Å². The van der Waals surface area contributed by atoms with Gasteiger partial charge < -0.3 is 15.0 Å². The van der Waals surface area contributed by atoms with Crippen LogP contribution in [0, 0.1) is 11.6 Å². The highest BCUT2D eigenvalue weighted by atomic mass is 19.4. The van der Waals surface area contributed by atoms with Crippen molar-refractivity contribution in [1.82, 2.24) is 29.8 Å². The fraction of sp³-hybridized carbons (Fsp3) is 0.167. The van der Waals surface area contributed by atoms with Gasteiger partial charge in [0.25, 0.3) is 0 Å². The number of nitrogens with one attached hydrogen (secondary N) is 3. The minimum absolute atomic E-state index is 0.00146. The lowest BCUT2D eigenvalue weighted by atomic mass is 10.0. The monoisotopic (exact) mass is 529 g/mol. The molecule has 0 fully saturated rings. The van der Waals surface area contributed by atoms with E-state index in [0.29, 0.717) is 46.3 Å². The molecular weight excluding hydrogens is 513 g/mol. The summed E-state index contributed by atoms with van der Waals surface area (Å²) >= 11 is 0. The van der Waals surface area contributed by atoms with Gasteiger partial charge >= 0.3 is 12.1 Å². The molecule has 9 nitrogen and oxygen atoms in total. The number of ether oxygens (including phenoxy) is 1. The van der Waals surface area contributed by atoms with E-state index in [4.69, 9.17) is 4.74 Å². The van der Waals surface area contributed by atoms with Gasteiger partial charge in [-0.15, -0.1) is 0 Å². The smallest absolute Gasteiger partial charge is 0.435 e. The second-order valence-corrected chi connectivity index (χ2v) is 8.48. The van der Waals surface area contributed by atoms with E-state index in [1.807, 2.05) is 0 Å². The molecule has 1 aliphatic rings. The maximum atomic E-state index is 14.7. The normalized spacial score (nSPS) is 15.6. The Kier molecular flexibility index (Phi) is 5.48. The number of H-pyrrole nitrogens is 1. The van der Waals surface area contributed by atoms with E-state index in [1.54, 1.807) is 24.3 Å². The molecule has 0 amide bonds. The number of imidazole rings is 1. The Labute approximate surface area is 209 Å². The summed E-state index contributed by atoms with van der Waals surface area (Å²) in [6.07, 6.45) is -3.77. The molecule has 5 aromatic rings. The van der Waals surface area contributed by atoms with Crippen LogP contribution in [-0.2, 0) is 16.0 Å². The standard InChI is InChI=1S/C24H16F5N7O2/c25-13-2-1-3-17-19(13)32-10-36(17)20-14(26)9-31-23(35-20)33-11-4-5-15-12(8-11)18-16(34-15)6-7-30-21(18)38-22(37)24(27,28)29/h1-5,8-10,21,30,34H,6-7H2,(H,31,33,35). The largest absolute Gasteiger partial charge is 0.490 e. The summed E-state index contributed by atoms with van der Waals surface area (Å²) in [6, 6.07) is 9.26. The number of halogens is 5. The van der Waals surface area contributed by atoms with Gasteiger partial charge in [-0.3, -0.25) is 9.88 Å². The van der Waals surface area contributed by atoms with Gasteiger partial charge in [0, 0.05) is 40.8 Å². The zero-order chi connectivity index (χ0) is 26.6. The van der Waals surface area contributed by atoms with Crippen LogP contribution in [0.25, 0.3) is 27.8 Å². The first kappa shape index (κ1) is 23.8. The fourth-order valence-electron chi connectivity index (χ4n) is 4.44. The number of aromatic amines is 1. The molecule has 194 valence electrons. The van der Waals surface area contributed by atoms with Gasteiger partial charge in [-0.05, 0) is 30.3 Å². The van der Waals surface area contributed by atoms with Gasteiger partial charge in [-0.1, -0.05) is 6.07 Å². The summed E-state index contributed by atoms with van der Waals surface area (Å²) in [5, 5.41) is 6.24. The van der Waals surface area contributed by atoms with Crippen LogP contribution in [0.15, 0.2) is 48.9 Å². The van der Waals surface area contributed by atoms with E-state index in [-0.39, 0.29) is 17.3 Å². The molecule has 0 radical (unpaired) electrons. The Morgan fingerprint density at radius 1 is 1.13 bits per heavy atom. The number of carbonyl (C=O) groups excluding carboxylic acids is 1. The van der Waals surface area contributed by atoms with Crippen molar-refractivity contribution in [2.75, 3.05) is 11.9 Å². The first-order chi connectivity index (χ1) is 18.2. The predicted octanol–water partition coefficient (Wildman–Crippen LogP) is 4.57. The minimum atomic E-state index is -5.14. The zero-order valence-electron chi connectivity index (χ0n) is 19.1. The van der Waals surface area contributed by atoms with Crippen molar-refractivity contribution in [2.45, 2.75) is 18.8 Å². The van der Waals surface area contributed by atoms with E-state index in [0.717, 1.165) is 6.20 Å². The van der Waals surface area contributed by atoms with E-state index in [2.05, 4.69) is 30.6 Å². The quantitative estimate of drug-likeness (QED) is 0.231. The number of para-hydroxylation sites is 1. The van der Waals surface area contributed by atoms with E-state index >= 15 is 0 Å². The number of alkyl halides is 3. The molecule has 38 heavy (non-hydrogen) atoms. The van der Waals surface area contributed by atoms with Crippen molar-refractivity contribution in [1.29, 1.82) is 0 Å². The van der Waals surface area contributed by atoms with Crippen LogP contribution < -0.4 is 10.6 Å². The SMILES string of the molecule is O=C(OC1NCCc2[nH]c3ccc(Nc4ncc(F)c(-n5cnc6c(F)cccc65)n4)cc3c21)C(F)(F)F. The molecule has 1 aliphatic heterocycles. The van der Waals surface area contributed by atoms with Crippen LogP contribution in [0.5, 0.6) is 0 Å². The molecule has 4 heterocycles. The summed E-state index contributed by atoms with van der Waals surface area (Å²) in [6.45, 7) is 0.305. The second kappa shape index (κ2) is 8.76. The molecule has 3 aromatic heterocycles. The molecule has 0 saturated heterocycles. The maximum absolute atomic E-state index is 14.7. The first-order valence-corrected chi connectivity index (χ1v) is 11.3. The van der Waals surface area contributed by atoms with Crippen LogP contribution in [-0.4, -0.2) is 43.2 Å². The number of rotatable bonds is 4. The predicted molar refractivity (Wildman–Crippen MR) is 125 cm³/mol. The lowest BCUT2D eigenvalue weighted by molar-refractivity contribution is -0.207. The van der Waals surface area contributed by atoms with Crippen LogP contribution >= 0.6 is 0 Å². The van der Waals surface area contributed by atoms with Gasteiger partial charge in [0.05, 0.1) is 11.7 Å². The molecule has 6 rings (SSSR count). The number of fused-ring (bicyclic) bond motifs is 4. The molecule has 1 unspecified atom stereocenters. The van der Waals surface area contributed by atoms with Gasteiger partial charge in [-0.25, -0.2) is 23.5 Å². The Bertz CT molecular complexity index is 1710. The number of carbonyl (C=O) groups is 1. The first-order valence-electron chi connectivity index (χ1n) is 11.3. The average molecular weight is 529 g/mol. The van der Waals surface area contributed by atoms with Crippen molar-refractivity contribution in [2.24, 2.45) is 0 Å². The lowest BCUT2D eigenvalue weighted by Gasteiger charge is -2.25. The summed E-state index contributed by atoms with van der Waals surface area (Å²) in [5.74, 6) is -3.80. The van der Waals surface area contributed by atoms with Crippen LogP contribution in [0.3, 0.4) is 0 Å². The van der Waals surface area contributed by atoms with Crippen LogP contribution in [0.4, 0.5) is 33.6 Å². The molecule has 14 heteroatoms. The maximum Gasteiger partial charge on any atom is 0.490 e. The summed E-state index contributed by atoms with van der Waals surface area (Å²) in [7, 11) is 0. The highest BCUT2D eigenvalue weighted by molar-refractivity contribution is 5.89. The van der Waals surface area contributed by atoms with Crippen LogP contribution in [0.2, 0.25) is 0 Å². The number of aromatic nitrogens is 5. The summed E-state index contributed by atoms with van der Waals surface area (Å²) in [4.78, 5) is 26.8. The number of hydrogen-bond donors (Lipinski definition) is 3. The number of benzene rings is 2. The highest BCUT2D eigenvalue weighted by Gasteiger charge is 2.43. The molecule has 0 spiro atoms. The Morgan fingerprint density at radius 3 is 2.79 bits per heavy atom. The molecule has 3 N–H and O–H groups in total. The van der Waals surface area contributed by atoms with E-state index < -0.39 is 30.0 Å². The van der Waals surface area contributed by atoms with Crippen molar-refractivity contribution < 1.29 is 31.5 Å².